The van der Waals surface area contributed by atoms with E-state index in [-0.39, 0.29) is 0 Å². The van der Waals surface area contributed by atoms with Crippen LogP contribution in [0.25, 0.3) is 0 Å². The predicted octanol–water partition coefficient (Wildman–Crippen LogP) is 2.32. The lowest BCUT2D eigenvalue weighted by atomic mass is 10.0. The predicted molar refractivity (Wildman–Crippen MR) is 64.0 cm³/mol. The van der Waals surface area contributed by atoms with E-state index in [1.54, 1.807) is 12.1 Å². The molecule has 1 aliphatic rings. The number of nitrogens with zero attached hydrogens (tertiary/aromatic N) is 1. The van der Waals surface area contributed by atoms with Crippen LogP contribution < -0.4 is 0 Å². The van der Waals surface area contributed by atoms with Crippen molar-refractivity contribution in [2.24, 2.45) is 0 Å². The molecular weight excluding hydrogens is 218 g/mol. The maximum Gasteiger partial charge on any atom is 0.314 e. The summed E-state index contributed by atoms with van der Waals surface area (Å²) >= 11 is 0. The summed E-state index contributed by atoms with van der Waals surface area (Å²) in [5, 5.41) is 9.20. The quantitative estimate of drug-likeness (QED) is 0.854. The Hall–Kier alpha value is -1.29. The van der Waals surface area contributed by atoms with Crippen LogP contribution in [0.1, 0.15) is 37.4 Å². The smallest absolute Gasteiger partial charge is 0.314 e. The number of hydrogen-bond acceptors (Lipinski definition) is 3. The van der Waals surface area contributed by atoms with E-state index in [9.17, 15) is 9.90 Å². The number of furan rings is 1. The molecule has 1 saturated heterocycles. The van der Waals surface area contributed by atoms with Crippen LogP contribution in [-0.2, 0) is 4.79 Å². The average Bonchev–Trinajstić information content (AvgIpc) is 2.84. The molecule has 0 amide bonds. The second-order valence-corrected chi connectivity index (χ2v) is 4.60. The normalized spacial score (nSPS) is 19.1. The second-order valence-electron chi connectivity index (χ2n) is 4.60. The highest BCUT2D eigenvalue weighted by Gasteiger charge is 2.23. The minimum Gasteiger partial charge on any atom is -0.481 e. The fourth-order valence-electron chi connectivity index (χ4n) is 2.37. The number of carboxylic acid groups (broad SMARTS) is 1. The third-order valence-electron chi connectivity index (χ3n) is 3.37. The van der Waals surface area contributed by atoms with Gasteiger partial charge < -0.3 is 14.4 Å². The minimum atomic E-state index is -0.794. The Morgan fingerprint density at radius 3 is 2.76 bits per heavy atom. The molecule has 0 bridgehead atoms. The van der Waals surface area contributed by atoms with E-state index < -0.39 is 11.9 Å². The molecule has 0 aliphatic carbocycles. The lowest BCUT2D eigenvalue weighted by Gasteiger charge is -2.27. The van der Waals surface area contributed by atoms with Gasteiger partial charge in [-0.3, -0.25) is 4.79 Å². The third kappa shape index (κ3) is 3.33. The largest absolute Gasteiger partial charge is 0.481 e. The number of aliphatic carboxylic acids is 1. The van der Waals surface area contributed by atoms with Gasteiger partial charge in [0.2, 0.25) is 0 Å². The summed E-state index contributed by atoms with van der Waals surface area (Å²) in [5.41, 5.74) is 0. The number of likely N-dealkylation sites (tertiary alicyclic amines) is 1. The fourth-order valence-corrected chi connectivity index (χ4v) is 2.37. The zero-order valence-electron chi connectivity index (χ0n) is 9.97. The molecule has 2 rings (SSSR count). The fraction of sp³-hybridized carbons (Fsp3) is 0.615. The Balaban J connectivity index is 1.88. The zero-order chi connectivity index (χ0) is 12.1. The van der Waals surface area contributed by atoms with E-state index >= 15 is 0 Å². The molecule has 1 aromatic rings. The first-order chi connectivity index (χ1) is 8.27. The highest BCUT2D eigenvalue weighted by atomic mass is 16.4. The molecule has 94 valence electrons. The van der Waals surface area contributed by atoms with Gasteiger partial charge in [0.05, 0.1) is 6.26 Å². The first-order valence-electron chi connectivity index (χ1n) is 6.26. The average molecular weight is 237 g/mol. The van der Waals surface area contributed by atoms with Crippen LogP contribution in [0.2, 0.25) is 0 Å². The summed E-state index contributed by atoms with van der Waals surface area (Å²) in [6.45, 7) is 3.05. The van der Waals surface area contributed by atoms with E-state index in [2.05, 4.69) is 4.90 Å². The zero-order valence-corrected chi connectivity index (χ0v) is 9.97. The van der Waals surface area contributed by atoms with Gasteiger partial charge in [-0.2, -0.15) is 0 Å². The Labute approximate surface area is 101 Å². The molecule has 2 heterocycles. The molecule has 4 nitrogen and oxygen atoms in total. The summed E-state index contributed by atoms with van der Waals surface area (Å²) in [6, 6.07) is 3.49. The minimum absolute atomic E-state index is 0.507. The molecule has 0 saturated carbocycles. The maximum atomic E-state index is 11.2. The highest BCUT2D eigenvalue weighted by Crippen LogP contribution is 2.21. The molecule has 4 heteroatoms. The number of rotatable bonds is 5. The van der Waals surface area contributed by atoms with Crippen molar-refractivity contribution in [1.29, 1.82) is 0 Å². The van der Waals surface area contributed by atoms with E-state index in [0.29, 0.717) is 12.2 Å². The Kier molecular flexibility index (Phi) is 4.20. The van der Waals surface area contributed by atoms with Crippen molar-refractivity contribution in [3.8, 4) is 0 Å². The molecule has 1 unspecified atom stereocenters. The summed E-state index contributed by atoms with van der Waals surface area (Å²) in [5.74, 6) is -0.738. The molecule has 0 radical (unpaired) electrons. The van der Waals surface area contributed by atoms with Gasteiger partial charge in [-0.15, -0.1) is 0 Å². The van der Waals surface area contributed by atoms with Crippen LogP contribution in [-0.4, -0.2) is 35.6 Å². The standard InChI is InChI=1S/C13H19NO3/c15-13(16)11(12-5-4-10-17-12)6-9-14-7-2-1-3-8-14/h4-5,10-11H,1-3,6-9H2,(H,15,16). The van der Waals surface area contributed by atoms with Gasteiger partial charge in [0.1, 0.15) is 11.7 Å². The third-order valence-corrected chi connectivity index (χ3v) is 3.37. The number of carbonyl (C=O) groups is 1. The Morgan fingerprint density at radius 2 is 2.18 bits per heavy atom. The van der Waals surface area contributed by atoms with Gasteiger partial charge in [0, 0.05) is 0 Å². The van der Waals surface area contributed by atoms with Gasteiger partial charge in [-0.1, -0.05) is 6.42 Å². The molecule has 1 atom stereocenters. The Bertz CT molecular complexity index is 342. The highest BCUT2D eigenvalue weighted by molar-refractivity contribution is 5.75. The van der Waals surface area contributed by atoms with Gasteiger partial charge >= 0.3 is 5.97 Å². The molecule has 17 heavy (non-hydrogen) atoms. The van der Waals surface area contributed by atoms with Gasteiger partial charge in [-0.25, -0.2) is 0 Å². The second kappa shape index (κ2) is 5.87. The first-order valence-corrected chi connectivity index (χ1v) is 6.26. The number of hydrogen-bond donors (Lipinski definition) is 1. The van der Waals surface area contributed by atoms with Crippen LogP contribution in [0.15, 0.2) is 22.8 Å². The SMILES string of the molecule is O=C(O)C(CCN1CCCCC1)c1ccco1. The van der Waals surface area contributed by atoms with Crippen molar-refractivity contribution in [3.63, 3.8) is 0 Å². The van der Waals surface area contributed by atoms with Crippen molar-refractivity contribution >= 4 is 5.97 Å². The van der Waals surface area contributed by atoms with Crippen LogP contribution in [0.4, 0.5) is 0 Å². The van der Waals surface area contributed by atoms with Gasteiger partial charge in [-0.05, 0) is 51.0 Å². The molecule has 1 fully saturated rings. The van der Waals surface area contributed by atoms with Crippen LogP contribution in [0.5, 0.6) is 0 Å². The van der Waals surface area contributed by atoms with E-state index in [0.717, 1.165) is 19.6 Å². The topological polar surface area (TPSA) is 53.7 Å². The summed E-state index contributed by atoms with van der Waals surface area (Å²) in [4.78, 5) is 13.5. The molecule has 1 aromatic heterocycles. The van der Waals surface area contributed by atoms with Crippen LogP contribution in [0.3, 0.4) is 0 Å². The van der Waals surface area contributed by atoms with E-state index in [1.165, 1.54) is 25.5 Å². The molecule has 0 aromatic carbocycles. The maximum absolute atomic E-state index is 11.2. The lowest BCUT2D eigenvalue weighted by Crippen LogP contribution is -2.32. The summed E-state index contributed by atoms with van der Waals surface area (Å²) in [6.07, 6.45) is 5.93. The van der Waals surface area contributed by atoms with Crippen molar-refractivity contribution in [3.05, 3.63) is 24.2 Å². The Morgan fingerprint density at radius 1 is 1.41 bits per heavy atom. The number of carboxylic acids is 1. The number of piperidine rings is 1. The van der Waals surface area contributed by atoms with Gasteiger partial charge in [0.25, 0.3) is 0 Å². The molecule has 1 aliphatic heterocycles. The van der Waals surface area contributed by atoms with Crippen molar-refractivity contribution in [1.82, 2.24) is 4.90 Å². The lowest BCUT2D eigenvalue weighted by molar-refractivity contribution is -0.139. The molecular formula is C13H19NO3. The van der Waals surface area contributed by atoms with Gasteiger partial charge in [0.15, 0.2) is 0 Å². The summed E-state index contributed by atoms with van der Waals surface area (Å²) in [7, 11) is 0. The van der Waals surface area contributed by atoms with Crippen molar-refractivity contribution in [2.45, 2.75) is 31.6 Å². The van der Waals surface area contributed by atoms with E-state index in [1.807, 2.05) is 0 Å². The first kappa shape index (κ1) is 12.2. The molecule has 1 N–H and O–H groups in total. The van der Waals surface area contributed by atoms with Crippen molar-refractivity contribution in [2.75, 3.05) is 19.6 Å². The van der Waals surface area contributed by atoms with E-state index in [4.69, 9.17) is 4.42 Å². The monoisotopic (exact) mass is 237 g/mol. The summed E-state index contributed by atoms with van der Waals surface area (Å²) < 4.78 is 5.20. The molecule has 0 spiro atoms. The van der Waals surface area contributed by atoms with Crippen LogP contribution in [0, 0.1) is 0 Å². The van der Waals surface area contributed by atoms with Crippen molar-refractivity contribution < 1.29 is 14.3 Å². The van der Waals surface area contributed by atoms with Crippen LogP contribution >= 0.6 is 0 Å².